The molecule has 0 bridgehead atoms. The van der Waals surface area contributed by atoms with Gasteiger partial charge in [-0.05, 0) is 196 Å². The molecule has 0 unspecified atom stereocenters. The zero-order valence-electron chi connectivity index (χ0n) is 67.0. The van der Waals surface area contributed by atoms with Crippen LogP contribution in [0.3, 0.4) is 0 Å². The Bertz CT molecular complexity index is 5210. The van der Waals surface area contributed by atoms with E-state index in [0.717, 1.165) is 51.9 Å². The summed E-state index contributed by atoms with van der Waals surface area (Å²) in [5.74, 6) is 0. The Balaban J connectivity index is 0.000000167. The van der Waals surface area contributed by atoms with E-state index in [1.807, 2.05) is 91.0 Å². The van der Waals surface area contributed by atoms with Crippen LogP contribution in [-0.2, 0) is 17.7 Å². The maximum atomic E-state index is 10.0. The lowest BCUT2D eigenvalue weighted by atomic mass is 10.1. The van der Waals surface area contributed by atoms with Crippen molar-refractivity contribution in [3.63, 3.8) is 0 Å². The highest BCUT2D eigenvalue weighted by Crippen LogP contribution is 2.59. The van der Waals surface area contributed by atoms with Gasteiger partial charge < -0.3 is 34.0 Å². The van der Waals surface area contributed by atoms with Crippen LogP contribution in [-0.4, -0.2) is 6.29 Å². The molecule has 0 saturated carbocycles. The standard InChI is InChI=1S/2C25H21BrP.C18H15P.2C14H11Br.C7H6Br2.C7H6O.2BrH/c2*26-22-18-16-21(17-19-22)20-27(23-10-4-1-5-11-23,24-12-6-2-7-13-24)25-14-8-3-9-15-25;1-4-10-16(11-5-1)19(17-12-6-2-7-13-17)18-14-8-3-9-15-18;2*15-14-10-8-13(9-11-14)7-6-12-4-2-1-3-5-12;8-5-6-1-3-7(9)4-2-6;8-6-7-4-2-1-3-5-7;;/h2*1-19H,20H2;1-15H;2*1-11H;1-4H,5H2;1-6H;2*1H/q2*+1;;;;;;;/p-2/b;;;7-6+;7-6-;;;;. The number of rotatable bonds is 19. The van der Waals surface area contributed by atoms with E-state index in [4.69, 9.17) is 0 Å². The second-order valence-corrected chi connectivity index (χ2v) is 41.8. The lowest BCUT2D eigenvalue weighted by molar-refractivity contribution is -0.001000. The fourth-order valence-electron chi connectivity index (χ4n) is 13.2. The molecule has 0 amide bonds. The van der Waals surface area contributed by atoms with Crippen LogP contribution in [0.4, 0.5) is 0 Å². The predicted octanol–water partition coefficient (Wildman–Crippen LogP) is 23.4. The zero-order chi connectivity index (χ0) is 83.5. The largest absolute Gasteiger partial charge is 1.00 e. The maximum absolute atomic E-state index is 10.0. The van der Waals surface area contributed by atoms with Gasteiger partial charge in [0, 0.05) is 33.3 Å². The van der Waals surface area contributed by atoms with Crippen LogP contribution >= 0.6 is 118 Å². The summed E-state index contributed by atoms with van der Waals surface area (Å²) in [6.45, 7) is 0. The summed E-state index contributed by atoms with van der Waals surface area (Å²) in [7, 11) is -4.06. The second kappa shape index (κ2) is 53.9. The fraction of sp³-hybridized carbons (Fsp3) is 0.0273. The molecule has 12 heteroatoms. The second-order valence-electron chi connectivity index (χ2n) is 27.4. The summed E-state index contributed by atoms with van der Waals surface area (Å²) < 4.78 is 5.59. The van der Waals surface area contributed by atoms with Crippen molar-refractivity contribution in [2.45, 2.75) is 17.7 Å². The highest BCUT2D eigenvalue weighted by molar-refractivity contribution is 9.11. The number of benzene rings is 17. The first-order valence-electron chi connectivity index (χ1n) is 39.3. The van der Waals surface area contributed by atoms with Crippen molar-refractivity contribution in [1.29, 1.82) is 0 Å². The Morgan fingerprint density at radius 2 is 0.377 bits per heavy atom. The van der Waals surface area contributed by atoms with Crippen LogP contribution in [0.5, 0.6) is 0 Å². The summed E-state index contributed by atoms with van der Waals surface area (Å²) in [6, 6.07) is 171. The van der Waals surface area contributed by atoms with E-state index in [1.165, 1.54) is 86.7 Å². The lowest BCUT2D eigenvalue weighted by Crippen LogP contribution is -3.00. The molecule has 0 heterocycles. The Morgan fingerprint density at radius 1 is 0.205 bits per heavy atom. The van der Waals surface area contributed by atoms with Gasteiger partial charge >= 0.3 is 0 Å². The van der Waals surface area contributed by atoms with E-state index in [1.54, 1.807) is 12.1 Å². The Hall–Kier alpha value is -8.98. The summed E-state index contributed by atoms with van der Waals surface area (Å²) in [6.07, 6.45) is 11.3. The molecule has 0 atom stereocenters. The minimum absolute atomic E-state index is 0. The molecule has 608 valence electrons. The van der Waals surface area contributed by atoms with Crippen LogP contribution < -0.4 is 81.7 Å². The summed E-state index contributed by atoms with van der Waals surface area (Å²) in [4.78, 5) is 10.0. The lowest BCUT2D eigenvalue weighted by Gasteiger charge is -2.27. The third kappa shape index (κ3) is 30.8. The molecule has 0 N–H and O–H groups in total. The smallest absolute Gasteiger partial charge is 0.150 e. The molecular weight excluding hydrogens is 2070 g/mol. The van der Waals surface area contributed by atoms with Crippen molar-refractivity contribution in [3.05, 3.63) is 552 Å². The van der Waals surface area contributed by atoms with E-state index < -0.39 is 22.4 Å². The molecular formula is C110H91Br8OP3. The maximum Gasteiger partial charge on any atom is 0.150 e. The average Bonchev–Trinajstić information content (AvgIpc) is 0.756. The summed E-state index contributed by atoms with van der Waals surface area (Å²) in [5.41, 5.74) is 9.63. The molecule has 17 aromatic carbocycles. The van der Waals surface area contributed by atoms with E-state index >= 15 is 0 Å². The summed E-state index contributed by atoms with van der Waals surface area (Å²) >= 11 is 20.7. The van der Waals surface area contributed by atoms with Crippen molar-refractivity contribution in [1.82, 2.24) is 0 Å². The van der Waals surface area contributed by atoms with Crippen molar-refractivity contribution in [3.8, 4) is 0 Å². The number of carbonyl (C=O) groups is 1. The first-order chi connectivity index (χ1) is 59.0. The fourth-order valence-corrected chi connectivity index (χ4v) is 25.7. The van der Waals surface area contributed by atoms with Crippen molar-refractivity contribution in [2.24, 2.45) is 0 Å². The molecule has 17 rings (SSSR count). The molecule has 0 saturated heterocycles. The summed E-state index contributed by atoms with van der Waals surface area (Å²) in [5, 5.41) is 13.7. The van der Waals surface area contributed by atoms with Crippen LogP contribution in [0.2, 0.25) is 0 Å². The monoisotopic (exact) mass is 2150 g/mol. The Morgan fingerprint density at radius 3 is 0.574 bits per heavy atom. The molecule has 0 radical (unpaired) electrons. The molecule has 0 aliphatic carbocycles. The number of carbonyl (C=O) groups excluding carboxylic acids is 1. The van der Waals surface area contributed by atoms with Gasteiger partial charge in [0.1, 0.15) is 52.6 Å². The minimum Gasteiger partial charge on any atom is -1.00 e. The van der Waals surface area contributed by atoms with E-state index in [9.17, 15) is 4.79 Å². The van der Waals surface area contributed by atoms with Crippen LogP contribution in [0.1, 0.15) is 49.3 Å². The first-order valence-corrected chi connectivity index (χ1v) is 49.7. The molecule has 0 aliphatic heterocycles. The quantitative estimate of drug-likeness (QED) is 0.0341. The van der Waals surface area contributed by atoms with Gasteiger partial charge in [-0.2, -0.15) is 0 Å². The van der Waals surface area contributed by atoms with Crippen molar-refractivity contribution in [2.75, 3.05) is 0 Å². The minimum atomic E-state index is -1.81. The number of alkyl halides is 1. The molecule has 0 fully saturated rings. The molecule has 0 aromatic heterocycles. The first kappa shape index (κ1) is 96.8. The van der Waals surface area contributed by atoms with E-state index in [0.29, 0.717) is 0 Å². The highest BCUT2D eigenvalue weighted by Gasteiger charge is 2.46. The van der Waals surface area contributed by atoms with Gasteiger partial charge in [-0.3, -0.25) is 4.79 Å². The normalized spacial score (nSPS) is 10.5. The van der Waals surface area contributed by atoms with E-state index in [-0.39, 0.29) is 34.0 Å². The van der Waals surface area contributed by atoms with Crippen LogP contribution in [0.15, 0.2) is 508 Å². The van der Waals surface area contributed by atoms with Gasteiger partial charge in [0.2, 0.25) is 0 Å². The van der Waals surface area contributed by atoms with Gasteiger partial charge in [-0.1, -0.05) is 472 Å². The van der Waals surface area contributed by atoms with Gasteiger partial charge in [0.15, 0.2) is 0 Å². The molecule has 0 aliphatic rings. The Kier molecular flexibility index (Phi) is 42.8. The molecule has 122 heavy (non-hydrogen) atoms. The van der Waals surface area contributed by atoms with Gasteiger partial charge in [0.25, 0.3) is 0 Å². The molecule has 1 nitrogen and oxygen atoms in total. The topological polar surface area (TPSA) is 17.1 Å². The molecule has 17 aromatic rings. The zero-order valence-corrected chi connectivity index (χ0v) is 82.3. The number of halogens is 8. The number of hydrogen-bond donors (Lipinski definition) is 0. The third-order valence-corrected chi connectivity index (χ3v) is 33.7. The number of aldehydes is 1. The van der Waals surface area contributed by atoms with Gasteiger partial charge in [0.05, 0.1) is 12.3 Å². The predicted molar refractivity (Wildman–Crippen MR) is 549 cm³/mol. The van der Waals surface area contributed by atoms with Crippen molar-refractivity contribution < 1.29 is 38.8 Å². The van der Waals surface area contributed by atoms with Gasteiger partial charge in [-0.25, -0.2) is 0 Å². The van der Waals surface area contributed by atoms with Crippen LogP contribution in [0, 0.1) is 0 Å². The van der Waals surface area contributed by atoms with Crippen molar-refractivity contribution >= 4 is 196 Å². The van der Waals surface area contributed by atoms with Crippen LogP contribution in [0.25, 0.3) is 24.3 Å². The average molecular weight is 2160 g/mol. The highest BCUT2D eigenvalue weighted by atomic mass is 79.9. The molecule has 0 spiro atoms. The number of hydrogen-bond acceptors (Lipinski definition) is 1. The third-order valence-electron chi connectivity index (χ3n) is 19.2. The SMILES string of the molecule is BrCc1ccc(Br)cc1.Brc1ccc(/C=C/c2ccccc2)cc1.Brc1ccc(/C=C\c2ccccc2)cc1.Brc1ccc(C[P+](c2ccccc2)(c2ccccc2)c2ccccc2)cc1.Brc1ccc(C[P+](c2ccccc2)(c2ccccc2)c2ccccc2)cc1.O=Cc1ccccc1.[Br-].[Br-].c1ccc(P(c2ccccc2)c2ccccc2)cc1. The van der Waals surface area contributed by atoms with E-state index in [2.05, 4.69) is 502 Å². The van der Waals surface area contributed by atoms with Gasteiger partial charge in [-0.15, -0.1) is 0 Å². The Labute approximate surface area is 796 Å².